The van der Waals surface area contributed by atoms with Crippen LogP contribution in [0.2, 0.25) is 0 Å². The molecule has 3 nitrogen and oxygen atoms in total. The number of hydrogen-bond donors (Lipinski definition) is 2. The van der Waals surface area contributed by atoms with Gasteiger partial charge < -0.3 is 10.3 Å². The minimum atomic E-state index is 0.124. The van der Waals surface area contributed by atoms with Crippen molar-refractivity contribution < 1.29 is 10.3 Å². The third-order valence-corrected chi connectivity index (χ3v) is 2.06. The predicted octanol–water partition coefficient (Wildman–Crippen LogP) is 0.999. The Kier molecular flexibility index (Phi) is 2.68. The molecule has 58 valence electrons. The van der Waals surface area contributed by atoms with Crippen molar-refractivity contribution in [1.29, 1.82) is 0 Å². The molecule has 0 aromatic rings. The molecule has 0 spiro atoms. The van der Waals surface area contributed by atoms with Gasteiger partial charge in [0, 0.05) is 5.92 Å². The van der Waals surface area contributed by atoms with Gasteiger partial charge in [-0.3, -0.25) is 0 Å². The van der Waals surface area contributed by atoms with Gasteiger partial charge in [0.2, 0.25) is 0 Å². The van der Waals surface area contributed by atoms with Crippen molar-refractivity contribution in [3.63, 3.8) is 0 Å². The van der Waals surface area contributed by atoms with Crippen LogP contribution in [0, 0.1) is 5.92 Å². The number of hydrogen-bond acceptors (Lipinski definition) is 3. The van der Waals surface area contributed by atoms with Crippen LogP contribution in [-0.4, -0.2) is 22.6 Å². The monoisotopic (exact) mass is 143 g/mol. The third kappa shape index (κ3) is 1.48. The highest BCUT2D eigenvalue weighted by molar-refractivity contribution is 5.86. The van der Waals surface area contributed by atoms with E-state index < -0.39 is 0 Å². The predicted molar refractivity (Wildman–Crippen MR) is 38.3 cm³/mol. The molecule has 0 saturated heterocycles. The molecule has 0 heterocycles. The summed E-state index contributed by atoms with van der Waals surface area (Å²) < 4.78 is 0. The van der Waals surface area contributed by atoms with Gasteiger partial charge >= 0.3 is 0 Å². The second-order valence-corrected chi connectivity index (χ2v) is 2.72. The van der Waals surface area contributed by atoms with E-state index in [1.54, 1.807) is 0 Å². The Morgan fingerprint density at radius 2 is 2.30 bits per heavy atom. The first kappa shape index (κ1) is 7.54. The van der Waals surface area contributed by atoms with E-state index >= 15 is 0 Å². The van der Waals surface area contributed by atoms with E-state index in [1.165, 1.54) is 0 Å². The molecule has 0 bridgehead atoms. The largest absolute Gasteiger partial charge is 0.411 e. The fourth-order valence-electron chi connectivity index (χ4n) is 1.40. The van der Waals surface area contributed by atoms with E-state index in [4.69, 9.17) is 10.3 Å². The summed E-state index contributed by atoms with van der Waals surface area (Å²) in [6, 6.07) is 0. The molecule has 0 radical (unpaired) electrons. The quantitative estimate of drug-likeness (QED) is 0.425. The Balaban J connectivity index is 2.50. The SMILES string of the molecule is OC[C@H]1CCCC/C1=N/O. The smallest absolute Gasteiger partial charge is 0.0624 e. The first-order valence-electron chi connectivity index (χ1n) is 3.70. The fraction of sp³-hybridized carbons (Fsp3) is 0.857. The van der Waals surface area contributed by atoms with Crippen LogP contribution in [0.4, 0.5) is 0 Å². The fourth-order valence-corrected chi connectivity index (χ4v) is 1.40. The Morgan fingerprint density at radius 1 is 1.50 bits per heavy atom. The zero-order valence-electron chi connectivity index (χ0n) is 5.95. The van der Waals surface area contributed by atoms with Gasteiger partial charge in [0.25, 0.3) is 0 Å². The van der Waals surface area contributed by atoms with E-state index in [-0.39, 0.29) is 12.5 Å². The van der Waals surface area contributed by atoms with Crippen LogP contribution in [0.15, 0.2) is 5.16 Å². The molecule has 1 fully saturated rings. The van der Waals surface area contributed by atoms with Crippen LogP contribution >= 0.6 is 0 Å². The van der Waals surface area contributed by atoms with Crippen molar-refractivity contribution in [1.82, 2.24) is 0 Å². The Hall–Kier alpha value is -0.570. The lowest BCUT2D eigenvalue weighted by Crippen LogP contribution is -2.22. The third-order valence-electron chi connectivity index (χ3n) is 2.06. The molecule has 0 aliphatic heterocycles. The molecule has 0 amide bonds. The van der Waals surface area contributed by atoms with Gasteiger partial charge in [0.05, 0.1) is 12.3 Å². The molecule has 1 rings (SSSR count). The van der Waals surface area contributed by atoms with Crippen molar-refractivity contribution in [3.8, 4) is 0 Å². The lowest BCUT2D eigenvalue weighted by molar-refractivity contribution is 0.237. The molecule has 3 heteroatoms. The molecule has 0 unspecified atom stereocenters. The van der Waals surface area contributed by atoms with Gasteiger partial charge in [-0.1, -0.05) is 11.6 Å². The van der Waals surface area contributed by atoms with Crippen molar-refractivity contribution in [2.75, 3.05) is 6.61 Å². The number of aliphatic hydroxyl groups is 1. The molecule has 0 aromatic carbocycles. The van der Waals surface area contributed by atoms with E-state index in [2.05, 4.69) is 5.16 Å². The zero-order valence-corrected chi connectivity index (χ0v) is 5.95. The highest BCUT2D eigenvalue weighted by Crippen LogP contribution is 2.20. The standard InChI is InChI=1S/C7H13NO2/c9-5-6-3-1-2-4-7(6)8-10/h6,9-10H,1-5H2/b8-7-/t6-/m1/s1. The van der Waals surface area contributed by atoms with Gasteiger partial charge in [-0.2, -0.15) is 0 Å². The molecule has 0 aromatic heterocycles. The highest BCUT2D eigenvalue weighted by Gasteiger charge is 2.19. The van der Waals surface area contributed by atoms with Crippen LogP contribution < -0.4 is 0 Å². The Bertz CT molecular complexity index is 134. The average Bonchev–Trinajstić information content (AvgIpc) is 2.04. The van der Waals surface area contributed by atoms with E-state index in [0.29, 0.717) is 0 Å². The second-order valence-electron chi connectivity index (χ2n) is 2.72. The van der Waals surface area contributed by atoms with Crippen molar-refractivity contribution in [3.05, 3.63) is 0 Å². The molecule has 1 saturated carbocycles. The average molecular weight is 143 g/mol. The summed E-state index contributed by atoms with van der Waals surface area (Å²) in [7, 11) is 0. The van der Waals surface area contributed by atoms with Crippen LogP contribution in [0.25, 0.3) is 0 Å². The Labute approximate surface area is 60.4 Å². The lowest BCUT2D eigenvalue weighted by Gasteiger charge is -2.20. The van der Waals surface area contributed by atoms with Gasteiger partial charge in [-0.25, -0.2) is 0 Å². The summed E-state index contributed by atoms with van der Waals surface area (Å²) in [4.78, 5) is 0. The molecular weight excluding hydrogens is 130 g/mol. The summed E-state index contributed by atoms with van der Waals surface area (Å²) in [6.45, 7) is 0.124. The molecule has 1 aliphatic carbocycles. The maximum atomic E-state index is 8.80. The summed E-state index contributed by atoms with van der Waals surface area (Å²) in [5.41, 5.74) is 0.772. The van der Waals surface area contributed by atoms with Gasteiger partial charge in [0.1, 0.15) is 0 Å². The first-order valence-corrected chi connectivity index (χ1v) is 3.70. The minimum absolute atomic E-state index is 0.124. The number of aliphatic hydroxyl groups excluding tert-OH is 1. The summed E-state index contributed by atoms with van der Waals surface area (Å²) >= 11 is 0. The zero-order chi connectivity index (χ0) is 7.40. The Morgan fingerprint density at radius 3 is 2.80 bits per heavy atom. The molecule has 1 atom stereocenters. The lowest BCUT2D eigenvalue weighted by atomic mass is 9.88. The second kappa shape index (κ2) is 3.56. The van der Waals surface area contributed by atoms with E-state index in [0.717, 1.165) is 31.4 Å². The minimum Gasteiger partial charge on any atom is -0.411 e. The molecule has 10 heavy (non-hydrogen) atoms. The highest BCUT2D eigenvalue weighted by atomic mass is 16.4. The van der Waals surface area contributed by atoms with Crippen LogP contribution in [0.3, 0.4) is 0 Å². The topological polar surface area (TPSA) is 52.8 Å². The first-order chi connectivity index (χ1) is 4.88. The summed E-state index contributed by atoms with van der Waals surface area (Å²) in [5.74, 6) is 0.124. The van der Waals surface area contributed by atoms with Gasteiger partial charge in [0.15, 0.2) is 0 Å². The summed E-state index contributed by atoms with van der Waals surface area (Å²) in [6.07, 6.45) is 4.05. The van der Waals surface area contributed by atoms with Gasteiger partial charge in [-0.15, -0.1) is 0 Å². The normalized spacial score (nSPS) is 30.9. The van der Waals surface area contributed by atoms with Crippen molar-refractivity contribution in [2.45, 2.75) is 25.7 Å². The van der Waals surface area contributed by atoms with E-state index in [1.807, 2.05) is 0 Å². The van der Waals surface area contributed by atoms with E-state index in [9.17, 15) is 0 Å². The number of oxime groups is 1. The van der Waals surface area contributed by atoms with Crippen molar-refractivity contribution in [2.24, 2.45) is 11.1 Å². The van der Waals surface area contributed by atoms with Crippen molar-refractivity contribution >= 4 is 5.71 Å². The molecular formula is C7H13NO2. The van der Waals surface area contributed by atoms with Gasteiger partial charge in [-0.05, 0) is 19.3 Å². The molecule has 2 N–H and O–H groups in total. The maximum absolute atomic E-state index is 8.80. The van der Waals surface area contributed by atoms with Crippen LogP contribution in [-0.2, 0) is 0 Å². The maximum Gasteiger partial charge on any atom is 0.0624 e. The summed E-state index contributed by atoms with van der Waals surface area (Å²) in [5, 5.41) is 20.4. The molecule has 1 aliphatic rings. The van der Waals surface area contributed by atoms with Crippen LogP contribution in [0.1, 0.15) is 25.7 Å². The number of nitrogens with zero attached hydrogens (tertiary/aromatic N) is 1. The number of rotatable bonds is 1. The van der Waals surface area contributed by atoms with Crippen LogP contribution in [0.5, 0.6) is 0 Å².